The summed E-state index contributed by atoms with van der Waals surface area (Å²) in [7, 11) is -1.39. The Bertz CT molecular complexity index is 364. The van der Waals surface area contributed by atoms with E-state index in [4.69, 9.17) is 10.0 Å². The molecule has 1 aromatic rings. The van der Waals surface area contributed by atoms with Gasteiger partial charge in [0.15, 0.2) is 0 Å². The lowest BCUT2D eigenvalue weighted by atomic mass is 9.94. The number of non-ortho nitro benzene ring substituents is 1. The molecule has 0 aliphatic carbocycles. The molecule has 0 bridgehead atoms. The van der Waals surface area contributed by atoms with Gasteiger partial charge in [0.2, 0.25) is 0 Å². The molecule has 0 spiro atoms. The van der Waals surface area contributed by atoms with Crippen molar-refractivity contribution >= 4 is 24.8 Å². The topological polar surface area (TPSA) is 95.6 Å². The molecule has 6 nitrogen and oxygen atoms in total. The molecule has 0 aromatic heterocycles. The third-order valence-corrected chi connectivity index (χ3v) is 2.58. The number of hydrogen-bond donors (Lipinski definition) is 3. The van der Waals surface area contributed by atoms with Crippen LogP contribution in [0.3, 0.4) is 0 Å². The fraction of sp³-hybridized carbons (Fsp3) is 0.250. The third-order valence-electron chi connectivity index (χ3n) is 1.73. The first-order valence-electron chi connectivity index (χ1n) is 4.53. The van der Waals surface area contributed by atoms with Crippen molar-refractivity contribution < 1.29 is 15.0 Å². The van der Waals surface area contributed by atoms with Gasteiger partial charge < -0.3 is 10.0 Å². The Kier molecular flexibility index (Phi) is 5.26. The molecule has 0 heterocycles. The van der Waals surface area contributed by atoms with E-state index < -0.39 is 12.0 Å². The second kappa shape index (κ2) is 6.49. The Morgan fingerprint density at radius 2 is 2.25 bits per heavy atom. The summed E-state index contributed by atoms with van der Waals surface area (Å²) in [6, 6.07) is 6.31. The maximum Gasteiger partial charge on any atom is 0.467 e. The Morgan fingerprint density at radius 3 is 2.88 bits per heavy atom. The number of nitrogens with one attached hydrogen (secondary N) is 1. The fourth-order valence-corrected chi connectivity index (χ4v) is 1.74. The first-order valence-corrected chi connectivity index (χ1v) is 5.52. The van der Waals surface area contributed by atoms with Crippen LogP contribution in [0.4, 0.5) is 5.69 Å². The summed E-state index contributed by atoms with van der Waals surface area (Å²) in [4.78, 5) is 10.0. The molecule has 0 fully saturated rings. The van der Waals surface area contributed by atoms with Gasteiger partial charge in [-0.15, -0.1) is 0 Å². The van der Waals surface area contributed by atoms with Gasteiger partial charge in [-0.2, -0.15) is 0 Å². The van der Waals surface area contributed by atoms with Crippen LogP contribution in [0.25, 0.3) is 0 Å². The van der Waals surface area contributed by atoms with Crippen LogP contribution in [-0.4, -0.2) is 28.5 Å². The van der Waals surface area contributed by atoms with Crippen LogP contribution in [0.2, 0.25) is 0 Å². The molecule has 0 saturated carbocycles. The Balaban J connectivity index is 2.42. The van der Waals surface area contributed by atoms with Crippen molar-refractivity contribution in [1.82, 2.24) is 4.72 Å². The van der Waals surface area contributed by atoms with Crippen molar-refractivity contribution in [3.05, 3.63) is 39.9 Å². The van der Waals surface area contributed by atoms with Crippen LogP contribution >= 0.6 is 11.9 Å². The predicted octanol–water partition coefficient (Wildman–Crippen LogP) is 0.345. The van der Waals surface area contributed by atoms with Gasteiger partial charge in [-0.25, -0.2) is 0 Å². The number of rotatable bonds is 6. The van der Waals surface area contributed by atoms with Crippen LogP contribution in [0.5, 0.6) is 0 Å². The van der Waals surface area contributed by atoms with Crippen LogP contribution in [0, 0.1) is 10.1 Å². The van der Waals surface area contributed by atoms with Crippen molar-refractivity contribution in [1.29, 1.82) is 0 Å². The lowest BCUT2D eigenvalue weighted by molar-refractivity contribution is -0.384. The molecule has 0 aliphatic rings. The molecular formula is C8H11BN2O4S. The average molecular weight is 242 g/mol. The predicted molar refractivity (Wildman–Crippen MR) is 62.6 cm³/mol. The minimum atomic E-state index is -1.39. The van der Waals surface area contributed by atoms with E-state index in [0.717, 1.165) is 5.56 Å². The molecule has 0 unspecified atom stereocenters. The monoisotopic (exact) mass is 242 g/mol. The molecule has 0 aliphatic heterocycles. The highest BCUT2D eigenvalue weighted by atomic mass is 32.2. The van der Waals surface area contributed by atoms with E-state index in [2.05, 4.69) is 4.72 Å². The van der Waals surface area contributed by atoms with E-state index in [1.165, 1.54) is 24.1 Å². The van der Waals surface area contributed by atoms with E-state index in [1.54, 1.807) is 12.1 Å². The molecule has 8 heteroatoms. The zero-order valence-electron chi connectivity index (χ0n) is 8.37. The first kappa shape index (κ1) is 13.0. The van der Waals surface area contributed by atoms with E-state index in [9.17, 15) is 10.1 Å². The van der Waals surface area contributed by atoms with Crippen LogP contribution in [-0.2, 0) is 5.75 Å². The zero-order chi connectivity index (χ0) is 12.0. The standard InChI is InChI=1S/C8H11BN2O4S/c12-9(13)6-10-16-5-7-2-1-3-8(4-7)11(14)15/h1-4,10,12-13H,5-6H2. The number of benzene rings is 1. The Morgan fingerprint density at radius 1 is 1.50 bits per heavy atom. The summed E-state index contributed by atoms with van der Waals surface area (Å²) in [6.07, 6.45) is 0.0552. The first-order chi connectivity index (χ1) is 7.59. The highest BCUT2D eigenvalue weighted by Crippen LogP contribution is 2.16. The van der Waals surface area contributed by atoms with Gasteiger partial charge in [-0.05, 0) is 5.56 Å². The maximum absolute atomic E-state index is 10.5. The summed E-state index contributed by atoms with van der Waals surface area (Å²) >= 11 is 1.26. The largest absolute Gasteiger partial charge is 0.467 e. The van der Waals surface area contributed by atoms with Gasteiger partial charge in [0.1, 0.15) is 0 Å². The van der Waals surface area contributed by atoms with Gasteiger partial charge >= 0.3 is 7.12 Å². The smallest absolute Gasteiger partial charge is 0.426 e. The Labute approximate surface area is 97.1 Å². The van der Waals surface area contributed by atoms with E-state index in [1.807, 2.05) is 0 Å². The average Bonchev–Trinajstić information content (AvgIpc) is 2.24. The van der Waals surface area contributed by atoms with Gasteiger partial charge in [-0.3, -0.25) is 14.8 Å². The molecule has 86 valence electrons. The molecular weight excluding hydrogens is 231 g/mol. The third kappa shape index (κ3) is 4.62. The van der Waals surface area contributed by atoms with E-state index in [0.29, 0.717) is 5.75 Å². The van der Waals surface area contributed by atoms with Crippen molar-refractivity contribution in [2.24, 2.45) is 0 Å². The van der Waals surface area contributed by atoms with Crippen LogP contribution in [0.15, 0.2) is 24.3 Å². The number of nitro benzene ring substituents is 1. The lowest BCUT2D eigenvalue weighted by Crippen LogP contribution is -2.26. The van der Waals surface area contributed by atoms with E-state index in [-0.39, 0.29) is 12.1 Å². The second-order valence-electron chi connectivity index (χ2n) is 3.04. The molecule has 0 amide bonds. The molecule has 0 radical (unpaired) electrons. The zero-order valence-corrected chi connectivity index (χ0v) is 9.18. The normalized spacial score (nSPS) is 10.1. The van der Waals surface area contributed by atoms with Crippen molar-refractivity contribution in [2.45, 2.75) is 5.75 Å². The second-order valence-corrected chi connectivity index (χ2v) is 3.91. The molecule has 16 heavy (non-hydrogen) atoms. The molecule has 1 aromatic carbocycles. The summed E-state index contributed by atoms with van der Waals surface area (Å²) < 4.78 is 2.73. The SMILES string of the molecule is O=[N+]([O-])c1cccc(CSNCB(O)O)c1. The molecule has 0 atom stereocenters. The van der Waals surface area contributed by atoms with Crippen LogP contribution in [0.1, 0.15) is 5.56 Å². The minimum Gasteiger partial charge on any atom is -0.426 e. The van der Waals surface area contributed by atoms with Gasteiger partial charge in [0.05, 0.1) is 4.92 Å². The Hall–Kier alpha value is -1.09. The number of hydrogen-bond acceptors (Lipinski definition) is 6. The molecule has 1 rings (SSSR count). The van der Waals surface area contributed by atoms with E-state index >= 15 is 0 Å². The highest BCUT2D eigenvalue weighted by Gasteiger charge is 2.07. The van der Waals surface area contributed by atoms with Crippen molar-refractivity contribution in [3.8, 4) is 0 Å². The minimum absolute atomic E-state index is 0.0552. The summed E-state index contributed by atoms with van der Waals surface area (Å²) in [5.41, 5.74) is 0.861. The van der Waals surface area contributed by atoms with Crippen LogP contribution < -0.4 is 4.72 Å². The number of nitro groups is 1. The van der Waals surface area contributed by atoms with Gasteiger partial charge in [0, 0.05) is 24.3 Å². The highest BCUT2D eigenvalue weighted by molar-refractivity contribution is 7.96. The van der Waals surface area contributed by atoms with Crippen molar-refractivity contribution in [2.75, 3.05) is 6.44 Å². The number of nitrogens with zero attached hydrogens (tertiary/aromatic N) is 1. The summed E-state index contributed by atoms with van der Waals surface area (Å²) in [6.45, 7) is 0. The summed E-state index contributed by atoms with van der Waals surface area (Å²) in [5, 5.41) is 27.6. The maximum atomic E-state index is 10.5. The fourth-order valence-electron chi connectivity index (χ4n) is 1.03. The lowest BCUT2D eigenvalue weighted by Gasteiger charge is -2.03. The van der Waals surface area contributed by atoms with Gasteiger partial charge in [0.25, 0.3) is 5.69 Å². The molecule has 3 N–H and O–H groups in total. The molecule has 0 saturated heterocycles. The quantitative estimate of drug-likeness (QED) is 0.219. The van der Waals surface area contributed by atoms with Crippen molar-refractivity contribution in [3.63, 3.8) is 0 Å². The summed E-state index contributed by atoms with van der Waals surface area (Å²) in [5.74, 6) is 0.522. The van der Waals surface area contributed by atoms with Gasteiger partial charge in [-0.1, -0.05) is 24.1 Å².